The largest absolute Gasteiger partial charge is 0.381 e. The minimum absolute atomic E-state index is 0.166. The van der Waals surface area contributed by atoms with Crippen LogP contribution < -0.4 is 10.0 Å². The molecule has 0 atom stereocenters. The van der Waals surface area contributed by atoms with E-state index in [9.17, 15) is 17.6 Å². The highest BCUT2D eigenvalue weighted by molar-refractivity contribution is 7.92. The topological polar surface area (TPSA) is 102 Å². The molecule has 0 spiro atoms. The van der Waals surface area contributed by atoms with Crippen molar-refractivity contribution in [2.45, 2.75) is 25.8 Å². The maximum absolute atomic E-state index is 13.8. The third kappa shape index (κ3) is 4.94. The predicted octanol–water partition coefficient (Wildman–Crippen LogP) is 3.44. The van der Waals surface area contributed by atoms with Gasteiger partial charge in [-0.3, -0.25) is 9.52 Å². The van der Waals surface area contributed by atoms with Crippen LogP contribution in [0.3, 0.4) is 0 Å². The number of sulfonamides is 1. The lowest BCUT2D eigenvalue weighted by Gasteiger charge is -2.26. The SMILES string of the molecule is CS(=O)(=O)Nc1cc(-c2c(-c3ccc(F)cc3)c3c(n2CC2CCOCC2)CCNC3=O)ccn1. The first-order valence-electron chi connectivity index (χ1n) is 11.6. The standard InChI is InChI=1S/C25H27FN4O4S/c1-35(32,33)29-21-14-18(6-10-27-21)24-22(17-2-4-19(26)5-3-17)23-20(7-11-28-25(23)31)30(24)15-16-8-12-34-13-9-16/h2-6,10,14,16H,7-9,11-13,15H2,1H3,(H,27,29)(H,28,31). The molecule has 2 aromatic heterocycles. The number of pyridine rings is 1. The van der Waals surface area contributed by atoms with Gasteiger partial charge in [-0.1, -0.05) is 12.1 Å². The summed E-state index contributed by atoms with van der Waals surface area (Å²) < 4.78 is 47.7. The Hall–Kier alpha value is -3.24. The molecule has 0 unspecified atom stereocenters. The van der Waals surface area contributed by atoms with Crippen LogP contribution in [0.15, 0.2) is 42.6 Å². The molecule has 0 radical (unpaired) electrons. The highest BCUT2D eigenvalue weighted by atomic mass is 32.2. The number of anilines is 1. The molecule has 4 heterocycles. The van der Waals surface area contributed by atoms with E-state index in [0.29, 0.717) is 49.8 Å². The number of rotatable bonds is 6. The number of fused-ring (bicyclic) bond motifs is 1. The lowest BCUT2D eigenvalue weighted by atomic mass is 9.95. The fourth-order valence-electron chi connectivity index (χ4n) is 4.96. The van der Waals surface area contributed by atoms with Crippen LogP contribution in [0, 0.1) is 11.7 Å². The number of nitrogens with zero attached hydrogens (tertiary/aromatic N) is 2. The molecule has 1 saturated heterocycles. The Labute approximate surface area is 203 Å². The number of hydrogen-bond acceptors (Lipinski definition) is 5. The second kappa shape index (κ2) is 9.43. The zero-order valence-corrected chi connectivity index (χ0v) is 20.2. The molecule has 8 nitrogen and oxygen atoms in total. The lowest BCUT2D eigenvalue weighted by Crippen LogP contribution is -2.33. The summed E-state index contributed by atoms with van der Waals surface area (Å²) in [5.74, 6) is 0.0386. The van der Waals surface area contributed by atoms with E-state index in [0.717, 1.165) is 41.6 Å². The number of benzene rings is 1. The number of carbonyl (C=O) groups excluding carboxylic acids is 1. The molecule has 1 amide bonds. The molecule has 2 aliphatic heterocycles. The zero-order chi connectivity index (χ0) is 24.6. The summed E-state index contributed by atoms with van der Waals surface area (Å²) in [7, 11) is -3.53. The third-order valence-electron chi connectivity index (χ3n) is 6.48. The van der Waals surface area contributed by atoms with Crippen LogP contribution >= 0.6 is 0 Å². The fourth-order valence-corrected chi connectivity index (χ4v) is 5.46. The van der Waals surface area contributed by atoms with Crippen LogP contribution in [0.25, 0.3) is 22.4 Å². The maximum Gasteiger partial charge on any atom is 0.253 e. The third-order valence-corrected chi connectivity index (χ3v) is 7.06. The number of ether oxygens (including phenoxy) is 1. The molecule has 10 heteroatoms. The number of nitrogens with one attached hydrogen (secondary N) is 2. The van der Waals surface area contributed by atoms with Crippen molar-refractivity contribution in [3.63, 3.8) is 0 Å². The number of amides is 1. The quantitative estimate of drug-likeness (QED) is 0.542. The summed E-state index contributed by atoms with van der Waals surface area (Å²) in [5.41, 5.74) is 4.46. The Bertz CT molecular complexity index is 1360. The number of carbonyl (C=O) groups is 1. The average Bonchev–Trinajstić information content (AvgIpc) is 3.15. The molecule has 2 N–H and O–H groups in total. The molecule has 1 fully saturated rings. The first-order chi connectivity index (χ1) is 16.8. The van der Waals surface area contributed by atoms with Crippen LogP contribution in [-0.2, 0) is 27.7 Å². The molecule has 1 aromatic carbocycles. The molecular formula is C25H27FN4O4S. The van der Waals surface area contributed by atoms with Crippen LogP contribution in [-0.4, -0.2) is 49.9 Å². The van der Waals surface area contributed by atoms with Gasteiger partial charge in [0.2, 0.25) is 10.0 Å². The Morgan fingerprint density at radius 1 is 1.14 bits per heavy atom. The monoisotopic (exact) mass is 498 g/mol. The maximum atomic E-state index is 13.8. The average molecular weight is 499 g/mol. The van der Waals surface area contributed by atoms with Gasteiger partial charge in [-0.05, 0) is 48.6 Å². The van der Waals surface area contributed by atoms with Gasteiger partial charge in [0.15, 0.2) is 0 Å². The molecule has 5 rings (SSSR count). The summed E-state index contributed by atoms with van der Waals surface area (Å²) in [5, 5.41) is 2.95. The minimum atomic E-state index is -3.53. The molecule has 184 valence electrons. The predicted molar refractivity (Wildman–Crippen MR) is 131 cm³/mol. The molecule has 3 aromatic rings. The summed E-state index contributed by atoms with van der Waals surface area (Å²) in [6.07, 6.45) is 5.12. The minimum Gasteiger partial charge on any atom is -0.381 e. The molecule has 0 bridgehead atoms. The second-order valence-corrected chi connectivity index (χ2v) is 10.8. The second-order valence-electron chi connectivity index (χ2n) is 9.03. The van der Waals surface area contributed by atoms with Crippen molar-refractivity contribution in [2.75, 3.05) is 30.7 Å². The lowest BCUT2D eigenvalue weighted by molar-refractivity contribution is 0.0611. The highest BCUT2D eigenvalue weighted by Gasteiger charge is 2.32. The van der Waals surface area contributed by atoms with Crippen LogP contribution in [0.1, 0.15) is 28.9 Å². The van der Waals surface area contributed by atoms with Crippen LogP contribution in [0.2, 0.25) is 0 Å². The van der Waals surface area contributed by atoms with E-state index < -0.39 is 10.0 Å². The van der Waals surface area contributed by atoms with E-state index in [-0.39, 0.29) is 17.5 Å². The van der Waals surface area contributed by atoms with Gasteiger partial charge in [-0.15, -0.1) is 0 Å². The van der Waals surface area contributed by atoms with Gasteiger partial charge in [-0.25, -0.2) is 17.8 Å². The Morgan fingerprint density at radius 2 is 1.89 bits per heavy atom. The van der Waals surface area contributed by atoms with Crippen molar-refractivity contribution in [1.82, 2.24) is 14.9 Å². The summed E-state index contributed by atoms with van der Waals surface area (Å²) in [6, 6.07) is 9.58. The number of aromatic nitrogens is 2. The van der Waals surface area contributed by atoms with E-state index in [1.54, 1.807) is 30.5 Å². The van der Waals surface area contributed by atoms with Crippen molar-refractivity contribution in [3.05, 3.63) is 59.7 Å². The first kappa shape index (κ1) is 23.5. The van der Waals surface area contributed by atoms with Crippen LogP contribution in [0.4, 0.5) is 10.2 Å². The zero-order valence-electron chi connectivity index (χ0n) is 19.4. The first-order valence-corrected chi connectivity index (χ1v) is 13.5. The van der Waals surface area contributed by atoms with Gasteiger partial charge in [0.05, 0.1) is 17.5 Å². The molecule has 0 saturated carbocycles. The fraction of sp³-hybridized carbons (Fsp3) is 0.360. The van der Waals surface area contributed by atoms with E-state index in [4.69, 9.17) is 4.74 Å². The van der Waals surface area contributed by atoms with Crippen molar-refractivity contribution in [3.8, 4) is 22.4 Å². The van der Waals surface area contributed by atoms with Crippen molar-refractivity contribution < 1.29 is 22.3 Å². The van der Waals surface area contributed by atoms with Gasteiger partial charge in [0.25, 0.3) is 5.91 Å². The summed E-state index contributed by atoms with van der Waals surface area (Å²) in [4.78, 5) is 17.3. The smallest absolute Gasteiger partial charge is 0.253 e. The van der Waals surface area contributed by atoms with Gasteiger partial charge in [0, 0.05) is 55.7 Å². The van der Waals surface area contributed by atoms with Gasteiger partial charge in [-0.2, -0.15) is 0 Å². The molecule has 35 heavy (non-hydrogen) atoms. The Morgan fingerprint density at radius 3 is 2.60 bits per heavy atom. The number of halogens is 1. The van der Waals surface area contributed by atoms with Gasteiger partial charge in [0.1, 0.15) is 11.6 Å². The van der Waals surface area contributed by atoms with Gasteiger partial charge >= 0.3 is 0 Å². The Balaban J connectivity index is 1.75. The number of hydrogen-bond donors (Lipinski definition) is 2. The van der Waals surface area contributed by atoms with Crippen molar-refractivity contribution >= 4 is 21.7 Å². The molecular weight excluding hydrogens is 471 g/mol. The van der Waals surface area contributed by atoms with E-state index in [2.05, 4.69) is 19.6 Å². The summed E-state index contributed by atoms with van der Waals surface area (Å²) >= 11 is 0. The normalized spacial score (nSPS) is 16.6. The van der Waals surface area contributed by atoms with E-state index >= 15 is 0 Å². The van der Waals surface area contributed by atoms with Crippen molar-refractivity contribution in [2.24, 2.45) is 5.92 Å². The van der Waals surface area contributed by atoms with Crippen molar-refractivity contribution in [1.29, 1.82) is 0 Å². The molecule has 0 aliphatic carbocycles. The van der Waals surface area contributed by atoms with E-state index in [1.807, 2.05) is 0 Å². The summed E-state index contributed by atoms with van der Waals surface area (Å²) in [6.45, 7) is 2.63. The van der Waals surface area contributed by atoms with Gasteiger partial charge < -0.3 is 14.6 Å². The highest BCUT2D eigenvalue weighted by Crippen LogP contribution is 2.42. The van der Waals surface area contributed by atoms with Crippen LogP contribution in [0.5, 0.6) is 0 Å². The Kier molecular flexibility index (Phi) is 6.33. The molecule has 2 aliphatic rings. The van der Waals surface area contributed by atoms with E-state index in [1.165, 1.54) is 12.1 Å².